The second-order valence-electron chi connectivity index (χ2n) is 9.66. The van der Waals surface area contributed by atoms with Crippen LogP contribution < -0.4 is 20.3 Å². The molecule has 1 aromatic heterocycles. The number of nitrogens with one attached hydrogen (secondary N) is 2. The van der Waals surface area contributed by atoms with Crippen LogP contribution >= 0.6 is 34.9 Å². The van der Waals surface area contributed by atoms with Crippen molar-refractivity contribution >= 4 is 63.3 Å². The molecule has 2 heterocycles. The molecule has 0 saturated carbocycles. The Balaban J connectivity index is 1.11. The summed E-state index contributed by atoms with van der Waals surface area (Å²) in [6.45, 7) is 1.85. The molecule has 2 N–H and O–H groups in total. The summed E-state index contributed by atoms with van der Waals surface area (Å²) in [6.07, 6.45) is 8.23. The molecule has 3 aromatic carbocycles. The van der Waals surface area contributed by atoms with E-state index >= 15 is 0 Å². The minimum absolute atomic E-state index is 0.0773. The summed E-state index contributed by atoms with van der Waals surface area (Å²) in [4.78, 5) is 35.0. The third-order valence-electron chi connectivity index (χ3n) is 6.83. The minimum Gasteiger partial charge on any atom is -0.497 e. The van der Waals surface area contributed by atoms with Gasteiger partial charge in [-0.15, -0.1) is 34.9 Å². The number of ether oxygens (including phenoxy) is 1. The number of urea groups is 1. The van der Waals surface area contributed by atoms with Crippen molar-refractivity contribution in [2.24, 2.45) is 0 Å². The molecule has 1 aliphatic carbocycles. The van der Waals surface area contributed by atoms with Crippen LogP contribution in [0.25, 0.3) is 11.3 Å². The van der Waals surface area contributed by atoms with E-state index in [4.69, 9.17) is 4.74 Å². The van der Waals surface area contributed by atoms with Crippen molar-refractivity contribution in [2.45, 2.75) is 33.3 Å². The van der Waals surface area contributed by atoms with Crippen molar-refractivity contribution in [1.29, 1.82) is 0 Å². The number of nitrogens with zero attached hydrogens (tertiary/aromatic N) is 2. The van der Waals surface area contributed by atoms with Crippen LogP contribution in [-0.4, -0.2) is 40.6 Å². The van der Waals surface area contributed by atoms with Crippen molar-refractivity contribution in [3.05, 3.63) is 102 Å². The highest BCUT2D eigenvalue weighted by molar-refractivity contribution is 8.00. The molecule has 10 heteroatoms. The highest BCUT2D eigenvalue weighted by atomic mass is 32.2. The Labute approximate surface area is 257 Å². The van der Waals surface area contributed by atoms with Gasteiger partial charge in [0.1, 0.15) is 5.75 Å². The number of amides is 3. The molecule has 6 rings (SSSR count). The maximum Gasteiger partial charge on any atom is 0.326 e. The number of thioether (sulfide) groups is 2. The van der Waals surface area contributed by atoms with Gasteiger partial charge in [-0.1, -0.05) is 54.6 Å². The van der Waals surface area contributed by atoms with Gasteiger partial charge in [0.15, 0.2) is 5.13 Å². The predicted octanol–water partition coefficient (Wildman–Crippen LogP) is 7.95. The summed E-state index contributed by atoms with van der Waals surface area (Å²) >= 11 is 4.57. The molecular weight excluding hydrogens is 585 g/mol. The molecule has 0 radical (unpaired) electrons. The van der Waals surface area contributed by atoms with Crippen LogP contribution in [0.2, 0.25) is 0 Å². The van der Waals surface area contributed by atoms with E-state index < -0.39 is 0 Å². The molecule has 0 saturated heterocycles. The lowest BCUT2D eigenvalue weighted by Gasteiger charge is -2.40. The van der Waals surface area contributed by atoms with Crippen molar-refractivity contribution in [2.75, 3.05) is 22.6 Å². The second-order valence-corrected chi connectivity index (χ2v) is 13.1. The van der Waals surface area contributed by atoms with Gasteiger partial charge in [0.05, 0.1) is 35.0 Å². The number of carbonyl (C=O) groups is 2. The van der Waals surface area contributed by atoms with Crippen LogP contribution in [0.4, 0.5) is 21.3 Å². The van der Waals surface area contributed by atoms with Gasteiger partial charge in [0, 0.05) is 26.4 Å². The maximum atomic E-state index is 13.6. The molecule has 4 aromatic rings. The monoisotopic (exact) mass is 612 g/mol. The third-order valence-corrected chi connectivity index (χ3v) is 9.99. The SMILES string of the molecule is COc1cccc(-c2csc(NC(=O)C(C)Sc3cccc(NC(=O)N4c5ccccc5SC5C=CC=CC54)c3)n2)c1. The number of thiazole rings is 1. The fraction of sp³-hybridized carbons (Fsp3) is 0.156. The zero-order valence-corrected chi connectivity index (χ0v) is 25.3. The fourth-order valence-corrected chi connectivity index (χ4v) is 7.67. The number of fused-ring (bicyclic) bond motifs is 2. The zero-order chi connectivity index (χ0) is 29.1. The molecule has 1 aliphatic heterocycles. The van der Waals surface area contributed by atoms with Crippen LogP contribution in [0.15, 0.2) is 112 Å². The van der Waals surface area contributed by atoms with E-state index in [1.807, 2.05) is 96.1 Å². The molecule has 3 amide bonds. The highest BCUT2D eigenvalue weighted by Crippen LogP contribution is 2.43. The van der Waals surface area contributed by atoms with Crippen LogP contribution in [0.3, 0.4) is 0 Å². The molecule has 0 bridgehead atoms. The third kappa shape index (κ3) is 6.11. The Morgan fingerprint density at radius 3 is 2.71 bits per heavy atom. The van der Waals surface area contributed by atoms with Gasteiger partial charge in [0.25, 0.3) is 0 Å². The lowest BCUT2D eigenvalue weighted by Crippen LogP contribution is -2.49. The predicted molar refractivity (Wildman–Crippen MR) is 174 cm³/mol. The van der Waals surface area contributed by atoms with Gasteiger partial charge in [-0.3, -0.25) is 9.69 Å². The molecular formula is C32H28N4O3S3. The molecule has 212 valence electrons. The molecule has 7 nitrogen and oxygen atoms in total. The normalized spacial score (nSPS) is 17.6. The Morgan fingerprint density at radius 1 is 1.00 bits per heavy atom. The average Bonchev–Trinajstić information content (AvgIpc) is 3.48. The van der Waals surface area contributed by atoms with Gasteiger partial charge in [-0.25, -0.2) is 9.78 Å². The second kappa shape index (κ2) is 12.5. The Bertz CT molecular complexity index is 1680. The molecule has 3 atom stereocenters. The maximum absolute atomic E-state index is 13.6. The number of aromatic nitrogens is 1. The summed E-state index contributed by atoms with van der Waals surface area (Å²) in [5, 5.41) is 8.24. The van der Waals surface area contributed by atoms with E-state index in [0.29, 0.717) is 10.8 Å². The van der Waals surface area contributed by atoms with Crippen molar-refractivity contribution in [1.82, 2.24) is 4.98 Å². The largest absolute Gasteiger partial charge is 0.497 e. The fourth-order valence-electron chi connectivity index (χ4n) is 4.77. The first-order valence-electron chi connectivity index (χ1n) is 13.4. The van der Waals surface area contributed by atoms with E-state index in [2.05, 4.69) is 33.8 Å². The Morgan fingerprint density at radius 2 is 1.83 bits per heavy atom. The molecule has 2 aliphatic rings. The van der Waals surface area contributed by atoms with Gasteiger partial charge >= 0.3 is 6.03 Å². The lowest BCUT2D eigenvalue weighted by molar-refractivity contribution is -0.115. The van der Waals surface area contributed by atoms with Crippen molar-refractivity contribution < 1.29 is 14.3 Å². The number of methoxy groups -OCH3 is 1. The van der Waals surface area contributed by atoms with Crippen LogP contribution in [-0.2, 0) is 4.79 Å². The summed E-state index contributed by atoms with van der Waals surface area (Å²) in [5.74, 6) is 0.605. The zero-order valence-electron chi connectivity index (χ0n) is 22.9. The van der Waals surface area contributed by atoms with E-state index in [-0.39, 0.29) is 28.5 Å². The summed E-state index contributed by atoms with van der Waals surface area (Å²) < 4.78 is 5.30. The Kier molecular flexibility index (Phi) is 8.36. The van der Waals surface area contributed by atoms with Gasteiger partial charge in [-0.2, -0.15) is 0 Å². The van der Waals surface area contributed by atoms with E-state index in [1.54, 1.807) is 18.9 Å². The smallest absolute Gasteiger partial charge is 0.326 e. The molecule has 3 unspecified atom stereocenters. The average molecular weight is 613 g/mol. The minimum atomic E-state index is -0.383. The van der Waals surface area contributed by atoms with Crippen molar-refractivity contribution in [3.63, 3.8) is 0 Å². The molecule has 0 spiro atoms. The highest BCUT2D eigenvalue weighted by Gasteiger charge is 2.36. The summed E-state index contributed by atoms with van der Waals surface area (Å²) in [5.41, 5.74) is 3.27. The standard InChI is InChI=1S/C32H28N4O3S3/c1-20(30(37)35-31-34-25(19-40-31)21-9-7-11-23(17-21)39-2)41-24-12-8-10-22(18-24)33-32(38)36-26-13-3-5-15-28(26)42-29-16-6-4-14-27(29)36/h3-20,26,28H,1-2H3,(H,33,38)(H,34,35,37). The number of rotatable bonds is 7. The number of hydrogen-bond donors (Lipinski definition) is 2. The summed E-state index contributed by atoms with van der Waals surface area (Å²) in [6, 6.07) is 23.0. The summed E-state index contributed by atoms with van der Waals surface area (Å²) in [7, 11) is 1.63. The van der Waals surface area contributed by atoms with Gasteiger partial charge in [0.2, 0.25) is 5.91 Å². The first kappa shape index (κ1) is 28.1. The van der Waals surface area contributed by atoms with E-state index in [9.17, 15) is 9.59 Å². The van der Waals surface area contributed by atoms with Gasteiger partial charge in [-0.05, 0) is 49.4 Å². The molecule has 42 heavy (non-hydrogen) atoms. The first-order valence-corrected chi connectivity index (χ1v) is 16.0. The van der Waals surface area contributed by atoms with Crippen LogP contribution in [0, 0.1) is 0 Å². The number of hydrogen-bond acceptors (Lipinski definition) is 7. The number of anilines is 3. The number of allylic oxidation sites excluding steroid dienone is 2. The number of para-hydroxylation sites is 1. The quantitative estimate of drug-likeness (QED) is 0.206. The Hall–Kier alpha value is -3.99. The number of carbonyl (C=O) groups excluding carboxylic acids is 2. The number of benzene rings is 3. The van der Waals surface area contributed by atoms with E-state index in [1.165, 1.54) is 23.1 Å². The van der Waals surface area contributed by atoms with Gasteiger partial charge < -0.3 is 15.4 Å². The van der Waals surface area contributed by atoms with Crippen LogP contribution in [0.5, 0.6) is 5.75 Å². The molecule has 0 fully saturated rings. The van der Waals surface area contributed by atoms with Crippen LogP contribution in [0.1, 0.15) is 6.92 Å². The van der Waals surface area contributed by atoms with Crippen molar-refractivity contribution in [3.8, 4) is 17.0 Å². The topological polar surface area (TPSA) is 83.6 Å². The van der Waals surface area contributed by atoms with E-state index in [0.717, 1.165) is 32.5 Å². The first-order chi connectivity index (χ1) is 20.5. The lowest BCUT2D eigenvalue weighted by atomic mass is 10.1.